The summed E-state index contributed by atoms with van der Waals surface area (Å²) in [6.07, 6.45) is 0. The van der Waals surface area contributed by atoms with Crippen LogP contribution in [0.25, 0.3) is 0 Å². The number of nitrogens with two attached hydrogens (primary N) is 1. The molecule has 0 bridgehead atoms. The molecule has 0 spiro atoms. The number of hydrogen-bond acceptors (Lipinski definition) is 4. The molecular formula is C13H13ClN2O3S. The summed E-state index contributed by atoms with van der Waals surface area (Å²) >= 11 is 5.75. The SMILES string of the molecule is Nc1cc(S(=O)(=O)NCc2ccc(Cl)cc2)ccc1O. The minimum Gasteiger partial charge on any atom is -0.506 e. The van der Waals surface area contributed by atoms with Gasteiger partial charge in [0.25, 0.3) is 0 Å². The van der Waals surface area contributed by atoms with Crippen molar-refractivity contribution in [2.24, 2.45) is 0 Å². The van der Waals surface area contributed by atoms with Crippen LogP contribution in [-0.2, 0) is 16.6 Å². The van der Waals surface area contributed by atoms with Crippen LogP contribution in [0.1, 0.15) is 5.56 Å². The van der Waals surface area contributed by atoms with Crippen LogP contribution in [0.4, 0.5) is 5.69 Å². The highest BCUT2D eigenvalue weighted by molar-refractivity contribution is 7.89. The Labute approximate surface area is 122 Å². The first kappa shape index (κ1) is 14.6. The van der Waals surface area contributed by atoms with Crippen LogP contribution in [0, 0.1) is 0 Å². The second kappa shape index (κ2) is 5.70. The molecule has 0 fully saturated rings. The number of aromatic hydroxyl groups is 1. The van der Waals surface area contributed by atoms with Crippen LogP contribution in [0.3, 0.4) is 0 Å². The molecule has 2 aromatic rings. The van der Waals surface area contributed by atoms with Crippen molar-refractivity contribution in [3.05, 3.63) is 53.1 Å². The highest BCUT2D eigenvalue weighted by Crippen LogP contribution is 2.23. The zero-order valence-electron chi connectivity index (χ0n) is 10.4. The van der Waals surface area contributed by atoms with E-state index in [0.29, 0.717) is 5.02 Å². The van der Waals surface area contributed by atoms with Gasteiger partial charge in [0.2, 0.25) is 10.0 Å². The Hall–Kier alpha value is -1.76. The average molecular weight is 313 g/mol. The van der Waals surface area contributed by atoms with E-state index in [9.17, 15) is 13.5 Å². The third-order valence-electron chi connectivity index (χ3n) is 2.69. The molecule has 0 radical (unpaired) electrons. The maximum atomic E-state index is 12.1. The van der Waals surface area contributed by atoms with E-state index in [1.807, 2.05) is 0 Å². The lowest BCUT2D eigenvalue weighted by molar-refractivity contribution is 0.477. The molecule has 0 aliphatic carbocycles. The van der Waals surface area contributed by atoms with E-state index in [2.05, 4.69) is 4.72 Å². The Balaban J connectivity index is 2.14. The van der Waals surface area contributed by atoms with Gasteiger partial charge in [-0.15, -0.1) is 0 Å². The number of halogens is 1. The lowest BCUT2D eigenvalue weighted by Crippen LogP contribution is -2.23. The number of rotatable bonds is 4. The number of sulfonamides is 1. The molecule has 2 rings (SSSR count). The summed E-state index contributed by atoms with van der Waals surface area (Å²) in [5, 5.41) is 9.88. The van der Waals surface area contributed by atoms with Crippen LogP contribution in [0.5, 0.6) is 5.75 Å². The zero-order valence-corrected chi connectivity index (χ0v) is 11.9. The van der Waals surface area contributed by atoms with Gasteiger partial charge >= 0.3 is 0 Å². The Morgan fingerprint density at radius 1 is 1.15 bits per heavy atom. The fourth-order valence-corrected chi connectivity index (χ4v) is 2.74. The first-order valence-corrected chi connectivity index (χ1v) is 7.57. The van der Waals surface area contributed by atoms with Gasteiger partial charge in [0.15, 0.2) is 0 Å². The Kier molecular flexibility index (Phi) is 4.17. The molecule has 0 unspecified atom stereocenters. The zero-order chi connectivity index (χ0) is 14.8. The van der Waals surface area contributed by atoms with Crippen LogP contribution in [0.2, 0.25) is 5.02 Å². The van der Waals surface area contributed by atoms with Crippen molar-refractivity contribution < 1.29 is 13.5 Å². The molecular weight excluding hydrogens is 300 g/mol. The summed E-state index contributed by atoms with van der Waals surface area (Å²) < 4.78 is 26.6. The average Bonchev–Trinajstić information content (AvgIpc) is 2.41. The molecule has 0 heterocycles. The van der Waals surface area contributed by atoms with Crippen molar-refractivity contribution >= 4 is 27.3 Å². The summed E-state index contributed by atoms with van der Waals surface area (Å²) in [4.78, 5) is 0.00163. The van der Waals surface area contributed by atoms with Gasteiger partial charge in [-0.2, -0.15) is 0 Å². The summed E-state index contributed by atoms with van der Waals surface area (Å²) in [6.45, 7) is 0.139. The van der Waals surface area contributed by atoms with Crippen LogP contribution >= 0.6 is 11.6 Å². The van der Waals surface area contributed by atoms with Crippen molar-refractivity contribution in [1.29, 1.82) is 0 Å². The summed E-state index contributed by atoms with van der Waals surface area (Å²) in [7, 11) is -3.68. The van der Waals surface area contributed by atoms with E-state index < -0.39 is 10.0 Å². The molecule has 0 amide bonds. The molecule has 0 aromatic heterocycles. The number of benzene rings is 2. The Bertz CT molecular complexity index is 715. The van der Waals surface area contributed by atoms with Crippen LogP contribution in [-0.4, -0.2) is 13.5 Å². The summed E-state index contributed by atoms with van der Waals surface area (Å²) in [5.74, 6) is -0.151. The van der Waals surface area contributed by atoms with E-state index in [1.165, 1.54) is 18.2 Å². The van der Waals surface area contributed by atoms with E-state index in [4.69, 9.17) is 17.3 Å². The highest BCUT2D eigenvalue weighted by atomic mass is 35.5. The Morgan fingerprint density at radius 3 is 2.40 bits per heavy atom. The number of nitrogen functional groups attached to an aromatic ring is 1. The first-order chi connectivity index (χ1) is 9.38. The molecule has 0 saturated carbocycles. The lowest BCUT2D eigenvalue weighted by Gasteiger charge is -2.08. The number of hydrogen-bond donors (Lipinski definition) is 3. The maximum absolute atomic E-state index is 12.1. The third-order valence-corrected chi connectivity index (χ3v) is 4.34. The maximum Gasteiger partial charge on any atom is 0.240 e. The predicted molar refractivity (Wildman–Crippen MR) is 78.0 cm³/mol. The molecule has 0 atom stereocenters. The standard InChI is InChI=1S/C13H13ClN2O3S/c14-10-3-1-9(2-4-10)8-16-20(18,19)11-5-6-13(17)12(15)7-11/h1-7,16-17H,8,15H2. The smallest absolute Gasteiger partial charge is 0.240 e. The molecule has 0 saturated heterocycles. The molecule has 7 heteroatoms. The van der Waals surface area contributed by atoms with E-state index in [1.54, 1.807) is 24.3 Å². The number of anilines is 1. The molecule has 5 nitrogen and oxygen atoms in total. The fourth-order valence-electron chi connectivity index (χ4n) is 1.56. The third kappa shape index (κ3) is 3.41. The fraction of sp³-hybridized carbons (Fsp3) is 0.0769. The van der Waals surface area contributed by atoms with Crippen molar-refractivity contribution in [3.8, 4) is 5.75 Å². The number of phenols is 1. The van der Waals surface area contributed by atoms with Crippen molar-refractivity contribution in [2.75, 3.05) is 5.73 Å². The van der Waals surface area contributed by atoms with E-state index in [0.717, 1.165) is 5.56 Å². The number of phenolic OH excluding ortho intramolecular Hbond substituents is 1. The van der Waals surface area contributed by atoms with Gasteiger partial charge in [-0.1, -0.05) is 23.7 Å². The van der Waals surface area contributed by atoms with Crippen molar-refractivity contribution in [2.45, 2.75) is 11.4 Å². The molecule has 20 heavy (non-hydrogen) atoms. The predicted octanol–water partition coefficient (Wildman–Crippen LogP) is 2.11. The first-order valence-electron chi connectivity index (χ1n) is 5.71. The van der Waals surface area contributed by atoms with Gasteiger partial charge < -0.3 is 10.8 Å². The topological polar surface area (TPSA) is 92.4 Å². The van der Waals surface area contributed by atoms with Crippen molar-refractivity contribution in [3.63, 3.8) is 0 Å². The molecule has 4 N–H and O–H groups in total. The second-order valence-electron chi connectivity index (χ2n) is 4.17. The van der Waals surface area contributed by atoms with Crippen molar-refractivity contribution in [1.82, 2.24) is 4.72 Å². The summed E-state index contributed by atoms with van der Waals surface area (Å²) in [5.41, 5.74) is 6.28. The number of nitrogens with one attached hydrogen (secondary N) is 1. The molecule has 2 aromatic carbocycles. The summed E-state index contributed by atoms with van der Waals surface area (Å²) in [6, 6.07) is 10.6. The van der Waals surface area contributed by atoms with Crippen LogP contribution in [0.15, 0.2) is 47.4 Å². The minimum absolute atomic E-state index is 0.00163. The Morgan fingerprint density at radius 2 is 1.80 bits per heavy atom. The van der Waals surface area contributed by atoms with Gasteiger partial charge in [-0.25, -0.2) is 13.1 Å². The molecule has 0 aliphatic heterocycles. The largest absolute Gasteiger partial charge is 0.506 e. The molecule has 106 valence electrons. The van der Waals surface area contributed by atoms with Gasteiger partial charge in [-0.3, -0.25) is 0 Å². The van der Waals surface area contributed by atoms with Gasteiger partial charge in [0.05, 0.1) is 10.6 Å². The van der Waals surface area contributed by atoms with E-state index in [-0.39, 0.29) is 22.9 Å². The quantitative estimate of drug-likeness (QED) is 0.595. The van der Waals surface area contributed by atoms with Crippen LogP contribution < -0.4 is 10.5 Å². The van der Waals surface area contributed by atoms with E-state index >= 15 is 0 Å². The molecule has 0 aliphatic rings. The minimum atomic E-state index is -3.68. The van der Waals surface area contributed by atoms with Gasteiger partial charge in [0.1, 0.15) is 5.75 Å². The normalized spacial score (nSPS) is 11.4. The monoisotopic (exact) mass is 312 g/mol. The highest BCUT2D eigenvalue weighted by Gasteiger charge is 2.15. The van der Waals surface area contributed by atoms with Gasteiger partial charge in [-0.05, 0) is 35.9 Å². The van der Waals surface area contributed by atoms with Gasteiger partial charge in [0, 0.05) is 11.6 Å². The lowest BCUT2D eigenvalue weighted by atomic mass is 10.2. The second-order valence-corrected chi connectivity index (χ2v) is 6.38.